The SMILES string of the molecule is COc1cc(C)ccc1-c1nc(C)c(CC(=O)OCc2ccc3c(c2)nc2n3CCN(C(=O)OC(C)(C)C)C2)s1. The number of esters is 1. The van der Waals surface area contributed by atoms with Crippen LogP contribution in [0.5, 0.6) is 5.75 Å². The fraction of sp³-hybridized carbons (Fsp3) is 0.400. The number of ether oxygens (including phenoxy) is 3. The quantitative estimate of drug-likeness (QED) is 0.273. The molecule has 4 aromatic rings. The number of carbonyl (C=O) groups excluding carboxylic acids is 2. The van der Waals surface area contributed by atoms with E-state index in [1.807, 2.05) is 71.0 Å². The first-order valence-electron chi connectivity index (χ1n) is 13.2. The molecule has 210 valence electrons. The maximum absolute atomic E-state index is 12.7. The number of rotatable bonds is 6. The van der Waals surface area contributed by atoms with Crippen molar-refractivity contribution in [2.75, 3.05) is 13.7 Å². The third-order valence-electron chi connectivity index (χ3n) is 6.65. The number of fused-ring (bicyclic) bond motifs is 3. The predicted molar refractivity (Wildman–Crippen MR) is 153 cm³/mol. The van der Waals surface area contributed by atoms with E-state index < -0.39 is 5.60 Å². The molecular formula is C30H34N4O5S. The number of nitrogens with zero attached hydrogens (tertiary/aromatic N) is 4. The Bertz CT molecular complexity index is 1580. The molecule has 2 aromatic carbocycles. The Kier molecular flexibility index (Phi) is 7.55. The molecule has 40 heavy (non-hydrogen) atoms. The third kappa shape index (κ3) is 5.96. The minimum atomic E-state index is -0.545. The Balaban J connectivity index is 1.23. The number of hydrogen-bond acceptors (Lipinski definition) is 8. The summed E-state index contributed by atoms with van der Waals surface area (Å²) < 4.78 is 18.8. The van der Waals surface area contributed by atoms with E-state index in [1.165, 1.54) is 11.3 Å². The molecule has 0 radical (unpaired) electrons. The molecule has 3 heterocycles. The molecule has 9 nitrogen and oxygen atoms in total. The predicted octanol–water partition coefficient (Wildman–Crippen LogP) is 5.82. The molecule has 0 fully saturated rings. The van der Waals surface area contributed by atoms with Gasteiger partial charge >= 0.3 is 12.1 Å². The molecule has 0 saturated carbocycles. The molecule has 5 rings (SSSR count). The molecular weight excluding hydrogens is 528 g/mol. The number of thiazole rings is 1. The minimum absolute atomic E-state index is 0.150. The van der Waals surface area contributed by atoms with Crippen molar-refractivity contribution < 1.29 is 23.8 Å². The fourth-order valence-corrected chi connectivity index (χ4v) is 5.74. The summed E-state index contributed by atoms with van der Waals surface area (Å²) in [6.45, 7) is 11.2. The summed E-state index contributed by atoms with van der Waals surface area (Å²) in [6, 6.07) is 11.9. The molecule has 1 aliphatic heterocycles. The maximum Gasteiger partial charge on any atom is 0.410 e. The summed E-state index contributed by atoms with van der Waals surface area (Å²) in [4.78, 5) is 37.2. The number of hydrogen-bond donors (Lipinski definition) is 0. The lowest BCUT2D eigenvalue weighted by molar-refractivity contribution is -0.144. The van der Waals surface area contributed by atoms with Gasteiger partial charge in [-0.05, 0) is 70.0 Å². The van der Waals surface area contributed by atoms with E-state index >= 15 is 0 Å². The number of carbonyl (C=O) groups is 2. The molecule has 10 heteroatoms. The van der Waals surface area contributed by atoms with Gasteiger partial charge in [-0.3, -0.25) is 9.69 Å². The van der Waals surface area contributed by atoms with Crippen LogP contribution in [0.25, 0.3) is 21.6 Å². The van der Waals surface area contributed by atoms with Crippen LogP contribution in [0.2, 0.25) is 0 Å². The Morgan fingerprint density at radius 3 is 2.60 bits per heavy atom. The van der Waals surface area contributed by atoms with Crippen LogP contribution < -0.4 is 4.74 Å². The van der Waals surface area contributed by atoms with Gasteiger partial charge in [-0.2, -0.15) is 0 Å². The summed E-state index contributed by atoms with van der Waals surface area (Å²) in [6.07, 6.45) is -0.182. The number of methoxy groups -OCH3 is 1. The zero-order valence-corrected chi connectivity index (χ0v) is 24.6. The number of imidazole rings is 1. The highest BCUT2D eigenvalue weighted by molar-refractivity contribution is 7.15. The van der Waals surface area contributed by atoms with Crippen molar-refractivity contribution in [1.82, 2.24) is 19.4 Å². The van der Waals surface area contributed by atoms with Crippen molar-refractivity contribution in [1.29, 1.82) is 0 Å². The highest BCUT2D eigenvalue weighted by Gasteiger charge is 2.27. The van der Waals surface area contributed by atoms with Gasteiger partial charge in [-0.1, -0.05) is 12.1 Å². The molecule has 1 amide bonds. The molecule has 1 aliphatic rings. The van der Waals surface area contributed by atoms with Crippen molar-refractivity contribution in [3.8, 4) is 16.3 Å². The zero-order chi connectivity index (χ0) is 28.6. The van der Waals surface area contributed by atoms with E-state index in [0.29, 0.717) is 19.6 Å². The van der Waals surface area contributed by atoms with Gasteiger partial charge in [-0.15, -0.1) is 11.3 Å². The second kappa shape index (κ2) is 10.9. The van der Waals surface area contributed by atoms with E-state index in [0.717, 1.165) is 54.9 Å². The summed E-state index contributed by atoms with van der Waals surface area (Å²) in [5.74, 6) is 1.26. The average Bonchev–Trinajstić information content (AvgIpc) is 3.45. The number of amides is 1. The summed E-state index contributed by atoms with van der Waals surface area (Å²) in [5, 5.41) is 0.816. The van der Waals surface area contributed by atoms with E-state index in [4.69, 9.17) is 19.2 Å². The van der Waals surface area contributed by atoms with Gasteiger partial charge in [-0.25, -0.2) is 14.8 Å². The highest BCUT2D eigenvalue weighted by Crippen LogP contribution is 2.35. The van der Waals surface area contributed by atoms with E-state index in [-0.39, 0.29) is 25.1 Å². The molecule has 0 spiro atoms. The second-order valence-corrected chi connectivity index (χ2v) is 12.1. The number of benzene rings is 2. The zero-order valence-electron chi connectivity index (χ0n) is 23.7. The van der Waals surface area contributed by atoms with Crippen LogP contribution in [0.1, 0.15) is 48.3 Å². The summed E-state index contributed by atoms with van der Waals surface area (Å²) >= 11 is 1.48. The van der Waals surface area contributed by atoms with E-state index in [2.05, 4.69) is 9.55 Å². The first-order valence-corrected chi connectivity index (χ1v) is 14.1. The lowest BCUT2D eigenvalue weighted by Gasteiger charge is -2.30. The van der Waals surface area contributed by atoms with Crippen LogP contribution in [-0.4, -0.2) is 50.8 Å². The highest BCUT2D eigenvalue weighted by atomic mass is 32.1. The van der Waals surface area contributed by atoms with Gasteiger partial charge in [0, 0.05) is 18.0 Å². The molecule has 0 bridgehead atoms. The topological polar surface area (TPSA) is 95.8 Å². The van der Waals surface area contributed by atoms with Gasteiger partial charge in [0.15, 0.2) is 0 Å². The van der Waals surface area contributed by atoms with Crippen LogP contribution in [0.3, 0.4) is 0 Å². The summed E-state index contributed by atoms with van der Waals surface area (Å²) in [7, 11) is 1.64. The molecule has 2 aromatic heterocycles. The lowest BCUT2D eigenvalue weighted by atomic mass is 10.1. The lowest BCUT2D eigenvalue weighted by Crippen LogP contribution is -2.41. The third-order valence-corrected chi connectivity index (χ3v) is 7.84. The first-order chi connectivity index (χ1) is 19.0. The van der Waals surface area contributed by atoms with Crippen molar-refractivity contribution in [2.45, 2.75) is 66.3 Å². The van der Waals surface area contributed by atoms with Gasteiger partial charge in [0.2, 0.25) is 0 Å². The minimum Gasteiger partial charge on any atom is -0.496 e. The molecule has 0 aliphatic carbocycles. The maximum atomic E-state index is 12.7. The monoisotopic (exact) mass is 562 g/mol. The number of aryl methyl sites for hydroxylation is 2. The van der Waals surface area contributed by atoms with Crippen molar-refractivity contribution >= 4 is 34.4 Å². The van der Waals surface area contributed by atoms with Crippen LogP contribution in [0.4, 0.5) is 4.79 Å². The van der Waals surface area contributed by atoms with Gasteiger partial charge in [0.05, 0.1) is 42.4 Å². The molecule has 0 atom stereocenters. The van der Waals surface area contributed by atoms with E-state index in [1.54, 1.807) is 12.0 Å². The largest absolute Gasteiger partial charge is 0.496 e. The number of aromatic nitrogens is 3. The molecule has 0 unspecified atom stereocenters. The average molecular weight is 563 g/mol. The Morgan fingerprint density at radius 1 is 1.05 bits per heavy atom. The smallest absolute Gasteiger partial charge is 0.410 e. The van der Waals surface area contributed by atoms with Crippen LogP contribution in [-0.2, 0) is 40.4 Å². The summed E-state index contributed by atoms with van der Waals surface area (Å²) in [5.41, 5.74) is 4.94. The van der Waals surface area contributed by atoms with Gasteiger partial charge in [0.1, 0.15) is 28.8 Å². The first kappa shape index (κ1) is 27.6. The van der Waals surface area contributed by atoms with Crippen molar-refractivity contribution in [2.24, 2.45) is 0 Å². The normalized spacial score (nSPS) is 13.3. The fourth-order valence-electron chi connectivity index (χ4n) is 4.67. The van der Waals surface area contributed by atoms with Crippen LogP contribution in [0, 0.1) is 13.8 Å². The Hall–Kier alpha value is -3.92. The van der Waals surface area contributed by atoms with Crippen molar-refractivity contribution in [3.05, 3.63) is 63.9 Å². The van der Waals surface area contributed by atoms with Gasteiger partial charge in [0.25, 0.3) is 0 Å². The Morgan fingerprint density at radius 2 is 1.85 bits per heavy atom. The molecule has 0 N–H and O–H groups in total. The van der Waals surface area contributed by atoms with E-state index in [9.17, 15) is 9.59 Å². The van der Waals surface area contributed by atoms with Crippen LogP contribution >= 0.6 is 11.3 Å². The van der Waals surface area contributed by atoms with Crippen molar-refractivity contribution in [3.63, 3.8) is 0 Å². The Labute approximate surface area is 237 Å². The molecule has 0 saturated heterocycles. The van der Waals surface area contributed by atoms with Gasteiger partial charge < -0.3 is 18.8 Å². The second-order valence-electron chi connectivity index (χ2n) is 11.0. The van der Waals surface area contributed by atoms with Crippen LogP contribution in [0.15, 0.2) is 36.4 Å². The standard InChI is InChI=1S/C30H34N4O5S/c1-18-7-9-21(24(13-18)37-6)28-31-19(2)25(40-28)15-27(35)38-17-20-8-10-23-22(14-20)32-26-16-33(11-12-34(23)26)29(36)39-30(3,4)5/h7-10,13-14H,11-12,15-17H2,1-6H3.